The molecule has 106 valence electrons. The number of nitrogens with one attached hydrogen (secondary N) is 1. The lowest BCUT2D eigenvalue weighted by molar-refractivity contribution is 0.573. The fourth-order valence-electron chi connectivity index (χ4n) is 2.19. The van der Waals surface area contributed by atoms with E-state index in [1.807, 2.05) is 6.07 Å². The fourth-order valence-corrected chi connectivity index (χ4v) is 2.19. The Bertz CT molecular complexity index is 413. The van der Waals surface area contributed by atoms with Gasteiger partial charge in [0.25, 0.3) is 0 Å². The minimum absolute atomic E-state index is 0.0953. The highest BCUT2D eigenvalue weighted by molar-refractivity contribution is 5.53. The first-order valence-corrected chi connectivity index (χ1v) is 7.30. The zero-order chi connectivity index (χ0) is 13.8. The van der Waals surface area contributed by atoms with Gasteiger partial charge in [0.2, 0.25) is 0 Å². The lowest BCUT2D eigenvalue weighted by Crippen LogP contribution is -2.24. The topological polar surface area (TPSA) is 15.3 Å². The number of hydrogen-bond donors (Lipinski definition) is 1. The molecule has 19 heavy (non-hydrogen) atoms. The predicted molar refractivity (Wildman–Crippen MR) is 79.0 cm³/mol. The molecule has 2 rings (SSSR count). The highest BCUT2D eigenvalue weighted by Gasteiger charge is 2.21. The highest BCUT2D eigenvalue weighted by Crippen LogP contribution is 2.25. The van der Waals surface area contributed by atoms with Crippen LogP contribution in [-0.2, 0) is 6.54 Å². The Morgan fingerprint density at radius 2 is 2.11 bits per heavy atom. The minimum Gasteiger partial charge on any atom is -0.374 e. The number of rotatable bonds is 7. The SMILES string of the molecule is CC(C)CCN(C)c1cccc(F)c1CNC1CC1. The summed E-state index contributed by atoms with van der Waals surface area (Å²) in [5, 5.41) is 3.41. The van der Waals surface area contributed by atoms with Gasteiger partial charge in [-0.15, -0.1) is 0 Å². The Morgan fingerprint density at radius 3 is 2.74 bits per heavy atom. The van der Waals surface area contributed by atoms with Gasteiger partial charge in [0.1, 0.15) is 5.82 Å². The van der Waals surface area contributed by atoms with Crippen molar-refractivity contribution in [3.05, 3.63) is 29.6 Å². The Morgan fingerprint density at radius 1 is 1.37 bits per heavy atom. The van der Waals surface area contributed by atoms with E-state index in [0.29, 0.717) is 18.5 Å². The van der Waals surface area contributed by atoms with E-state index in [1.54, 1.807) is 12.1 Å². The predicted octanol–water partition coefficient (Wildman–Crippen LogP) is 3.56. The smallest absolute Gasteiger partial charge is 0.129 e. The fraction of sp³-hybridized carbons (Fsp3) is 0.625. The van der Waals surface area contributed by atoms with Gasteiger partial charge in [-0.2, -0.15) is 0 Å². The number of anilines is 1. The van der Waals surface area contributed by atoms with Gasteiger partial charge in [0.15, 0.2) is 0 Å². The largest absolute Gasteiger partial charge is 0.374 e. The molecule has 1 aromatic carbocycles. The lowest BCUT2D eigenvalue weighted by Gasteiger charge is -2.24. The Kier molecular flexibility index (Phi) is 4.81. The molecule has 1 aromatic rings. The molecule has 0 bridgehead atoms. The third-order valence-corrected chi connectivity index (χ3v) is 3.69. The Hall–Kier alpha value is -1.09. The van der Waals surface area contributed by atoms with Gasteiger partial charge >= 0.3 is 0 Å². The second-order valence-corrected chi connectivity index (χ2v) is 6.00. The second kappa shape index (κ2) is 6.38. The van der Waals surface area contributed by atoms with Crippen molar-refractivity contribution in [2.75, 3.05) is 18.5 Å². The summed E-state index contributed by atoms with van der Waals surface area (Å²) in [7, 11) is 2.05. The number of hydrogen-bond acceptors (Lipinski definition) is 2. The van der Waals surface area contributed by atoms with E-state index in [1.165, 1.54) is 12.8 Å². The highest BCUT2D eigenvalue weighted by atomic mass is 19.1. The van der Waals surface area contributed by atoms with Crippen LogP contribution in [-0.4, -0.2) is 19.6 Å². The van der Waals surface area contributed by atoms with Crippen molar-refractivity contribution < 1.29 is 4.39 Å². The molecule has 1 N–H and O–H groups in total. The maximum absolute atomic E-state index is 14.0. The molecular formula is C16H25FN2. The summed E-state index contributed by atoms with van der Waals surface area (Å²) in [4.78, 5) is 2.17. The van der Waals surface area contributed by atoms with E-state index >= 15 is 0 Å². The molecule has 2 nitrogen and oxygen atoms in total. The van der Waals surface area contributed by atoms with Crippen LogP contribution in [0.4, 0.5) is 10.1 Å². The molecule has 1 saturated carbocycles. The second-order valence-electron chi connectivity index (χ2n) is 6.00. The van der Waals surface area contributed by atoms with Crippen LogP contribution in [0.2, 0.25) is 0 Å². The summed E-state index contributed by atoms with van der Waals surface area (Å²) in [6, 6.07) is 5.99. The van der Waals surface area contributed by atoms with Crippen molar-refractivity contribution in [1.29, 1.82) is 0 Å². The van der Waals surface area contributed by atoms with Crippen LogP contribution >= 0.6 is 0 Å². The van der Waals surface area contributed by atoms with E-state index < -0.39 is 0 Å². The molecular weight excluding hydrogens is 239 g/mol. The first-order chi connectivity index (χ1) is 9.08. The zero-order valence-electron chi connectivity index (χ0n) is 12.2. The average molecular weight is 264 g/mol. The summed E-state index contributed by atoms with van der Waals surface area (Å²) in [6.07, 6.45) is 3.59. The molecule has 1 fully saturated rings. The van der Waals surface area contributed by atoms with E-state index in [0.717, 1.165) is 24.2 Å². The monoisotopic (exact) mass is 264 g/mol. The first kappa shape index (κ1) is 14.3. The Balaban J connectivity index is 2.06. The lowest BCUT2D eigenvalue weighted by atomic mass is 10.1. The van der Waals surface area contributed by atoms with Gasteiger partial charge in [0, 0.05) is 37.4 Å². The van der Waals surface area contributed by atoms with Crippen LogP contribution in [0.5, 0.6) is 0 Å². The summed E-state index contributed by atoms with van der Waals surface area (Å²) >= 11 is 0. The average Bonchev–Trinajstić information content (AvgIpc) is 3.18. The number of benzene rings is 1. The van der Waals surface area contributed by atoms with Gasteiger partial charge < -0.3 is 10.2 Å². The standard InChI is InChI=1S/C16H25FN2/c1-12(2)9-10-19(3)16-6-4-5-15(17)14(16)11-18-13-7-8-13/h4-6,12-13,18H,7-11H2,1-3H3. The minimum atomic E-state index is -0.0953. The van der Waals surface area contributed by atoms with E-state index in [2.05, 4.69) is 31.1 Å². The molecule has 0 heterocycles. The van der Waals surface area contributed by atoms with Crippen molar-refractivity contribution in [3.8, 4) is 0 Å². The third kappa shape index (κ3) is 4.20. The first-order valence-electron chi connectivity index (χ1n) is 7.30. The van der Waals surface area contributed by atoms with Gasteiger partial charge in [0.05, 0.1) is 0 Å². The molecule has 0 saturated heterocycles. The molecule has 0 atom stereocenters. The zero-order valence-corrected chi connectivity index (χ0v) is 12.2. The van der Waals surface area contributed by atoms with Crippen LogP contribution in [0.25, 0.3) is 0 Å². The molecule has 0 unspecified atom stereocenters. The molecule has 0 amide bonds. The van der Waals surface area contributed by atoms with Gasteiger partial charge in [-0.1, -0.05) is 19.9 Å². The maximum atomic E-state index is 14.0. The third-order valence-electron chi connectivity index (χ3n) is 3.69. The number of nitrogens with zero attached hydrogens (tertiary/aromatic N) is 1. The van der Waals surface area contributed by atoms with Crippen molar-refractivity contribution in [1.82, 2.24) is 5.32 Å². The van der Waals surface area contributed by atoms with Crippen LogP contribution in [0.3, 0.4) is 0 Å². The molecule has 0 aliphatic heterocycles. The molecule has 0 aromatic heterocycles. The van der Waals surface area contributed by atoms with Gasteiger partial charge in [-0.05, 0) is 37.3 Å². The van der Waals surface area contributed by atoms with Gasteiger partial charge in [-0.25, -0.2) is 4.39 Å². The quantitative estimate of drug-likeness (QED) is 0.810. The van der Waals surface area contributed by atoms with Crippen molar-refractivity contribution in [2.24, 2.45) is 5.92 Å². The van der Waals surface area contributed by atoms with Crippen molar-refractivity contribution in [2.45, 2.75) is 45.7 Å². The van der Waals surface area contributed by atoms with Crippen LogP contribution in [0, 0.1) is 11.7 Å². The van der Waals surface area contributed by atoms with E-state index in [4.69, 9.17) is 0 Å². The van der Waals surface area contributed by atoms with Crippen LogP contribution < -0.4 is 10.2 Å². The van der Waals surface area contributed by atoms with E-state index in [-0.39, 0.29) is 5.82 Å². The van der Waals surface area contributed by atoms with Crippen LogP contribution in [0.1, 0.15) is 38.7 Å². The van der Waals surface area contributed by atoms with E-state index in [9.17, 15) is 4.39 Å². The normalized spacial score (nSPS) is 15.0. The summed E-state index contributed by atoms with van der Waals surface area (Å²) in [6.45, 7) is 6.04. The molecule has 1 aliphatic rings. The molecule has 0 radical (unpaired) electrons. The van der Waals surface area contributed by atoms with Gasteiger partial charge in [-0.3, -0.25) is 0 Å². The maximum Gasteiger partial charge on any atom is 0.129 e. The summed E-state index contributed by atoms with van der Waals surface area (Å²) < 4.78 is 14.0. The Labute approximate surface area is 116 Å². The van der Waals surface area contributed by atoms with Crippen LogP contribution in [0.15, 0.2) is 18.2 Å². The molecule has 0 spiro atoms. The van der Waals surface area contributed by atoms with Crippen molar-refractivity contribution in [3.63, 3.8) is 0 Å². The number of halogens is 1. The summed E-state index contributed by atoms with van der Waals surface area (Å²) in [5.74, 6) is 0.575. The summed E-state index contributed by atoms with van der Waals surface area (Å²) in [5.41, 5.74) is 1.83. The van der Waals surface area contributed by atoms with Crippen molar-refractivity contribution >= 4 is 5.69 Å². The molecule has 1 aliphatic carbocycles. The molecule has 3 heteroatoms.